The average molecular weight is 348 g/mol. The van der Waals surface area contributed by atoms with Gasteiger partial charge < -0.3 is 10.3 Å². The van der Waals surface area contributed by atoms with Gasteiger partial charge in [0.2, 0.25) is 0 Å². The SMILES string of the molecule is NC1(c2noc(-c3cnc4ccccc4c3C(F)(F)F)n2)CCCC1. The number of halogens is 3. The third-order valence-corrected chi connectivity index (χ3v) is 4.66. The van der Waals surface area contributed by atoms with Gasteiger partial charge >= 0.3 is 6.18 Å². The van der Waals surface area contributed by atoms with Crippen molar-refractivity contribution in [1.29, 1.82) is 0 Å². The van der Waals surface area contributed by atoms with Gasteiger partial charge in [-0.3, -0.25) is 4.98 Å². The van der Waals surface area contributed by atoms with Crippen LogP contribution in [-0.4, -0.2) is 15.1 Å². The number of pyridine rings is 1. The number of alkyl halides is 3. The number of fused-ring (bicyclic) bond motifs is 1. The highest BCUT2D eigenvalue weighted by atomic mass is 19.4. The molecule has 1 fully saturated rings. The Bertz CT molecular complexity index is 929. The minimum absolute atomic E-state index is 0.00409. The summed E-state index contributed by atoms with van der Waals surface area (Å²) in [6.07, 6.45) is -0.208. The van der Waals surface area contributed by atoms with Crippen LogP contribution >= 0.6 is 0 Å². The summed E-state index contributed by atoms with van der Waals surface area (Å²) < 4.78 is 46.2. The minimum Gasteiger partial charge on any atom is -0.334 e. The molecule has 0 bridgehead atoms. The molecule has 0 amide bonds. The second kappa shape index (κ2) is 5.52. The summed E-state index contributed by atoms with van der Waals surface area (Å²) in [6, 6.07) is 6.09. The van der Waals surface area contributed by atoms with E-state index in [1.165, 1.54) is 18.2 Å². The summed E-state index contributed by atoms with van der Waals surface area (Å²) in [5.41, 5.74) is 4.73. The monoisotopic (exact) mass is 348 g/mol. The summed E-state index contributed by atoms with van der Waals surface area (Å²) in [7, 11) is 0. The predicted octanol–water partition coefficient (Wildman–Crippen LogP) is 4.03. The van der Waals surface area contributed by atoms with Crippen LogP contribution in [0.1, 0.15) is 37.1 Å². The molecule has 1 aliphatic rings. The van der Waals surface area contributed by atoms with Gasteiger partial charge in [0.1, 0.15) is 0 Å². The van der Waals surface area contributed by atoms with Crippen LogP contribution in [0.3, 0.4) is 0 Å². The maximum Gasteiger partial charge on any atom is 0.417 e. The van der Waals surface area contributed by atoms with E-state index in [2.05, 4.69) is 15.1 Å². The molecule has 0 spiro atoms. The molecule has 1 saturated carbocycles. The Labute approximate surface area is 141 Å². The first-order chi connectivity index (χ1) is 11.9. The van der Waals surface area contributed by atoms with Crippen LogP contribution < -0.4 is 5.73 Å². The molecule has 0 aliphatic heterocycles. The molecule has 0 radical (unpaired) electrons. The van der Waals surface area contributed by atoms with Gasteiger partial charge in [0.15, 0.2) is 5.82 Å². The number of rotatable bonds is 2. The Kier molecular flexibility index (Phi) is 3.54. The molecule has 5 nitrogen and oxygen atoms in total. The highest BCUT2D eigenvalue weighted by Gasteiger charge is 2.39. The number of nitrogens with zero attached hydrogens (tertiary/aromatic N) is 3. The van der Waals surface area contributed by atoms with Gasteiger partial charge in [-0.25, -0.2) is 0 Å². The number of hydrogen-bond acceptors (Lipinski definition) is 5. The van der Waals surface area contributed by atoms with Gasteiger partial charge in [0.25, 0.3) is 5.89 Å². The average Bonchev–Trinajstić information content (AvgIpc) is 3.23. The molecule has 3 aromatic rings. The third-order valence-electron chi connectivity index (χ3n) is 4.66. The van der Waals surface area contributed by atoms with Crippen molar-refractivity contribution in [2.45, 2.75) is 37.4 Å². The normalized spacial score (nSPS) is 17.3. The lowest BCUT2D eigenvalue weighted by molar-refractivity contribution is -0.135. The van der Waals surface area contributed by atoms with Gasteiger partial charge in [0, 0.05) is 11.6 Å². The Morgan fingerprint density at radius 1 is 1.12 bits per heavy atom. The van der Waals surface area contributed by atoms with Crippen molar-refractivity contribution in [2.75, 3.05) is 0 Å². The molecule has 2 aromatic heterocycles. The maximum atomic E-state index is 13.7. The van der Waals surface area contributed by atoms with Crippen LogP contribution in [0.5, 0.6) is 0 Å². The fraction of sp³-hybridized carbons (Fsp3) is 0.353. The lowest BCUT2D eigenvalue weighted by Crippen LogP contribution is -2.34. The molecule has 0 unspecified atom stereocenters. The second-order valence-corrected chi connectivity index (χ2v) is 6.35. The summed E-state index contributed by atoms with van der Waals surface area (Å²) >= 11 is 0. The van der Waals surface area contributed by atoms with Gasteiger partial charge in [-0.05, 0) is 18.9 Å². The van der Waals surface area contributed by atoms with E-state index < -0.39 is 17.3 Å². The van der Waals surface area contributed by atoms with Crippen molar-refractivity contribution in [3.63, 3.8) is 0 Å². The lowest BCUT2D eigenvalue weighted by atomic mass is 9.98. The molecular weight excluding hydrogens is 333 g/mol. The van der Waals surface area contributed by atoms with E-state index in [0.29, 0.717) is 12.8 Å². The molecule has 4 rings (SSSR count). The van der Waals surface area contributed by atoms with Crippen molar-refractivity contribution in [3.05, 3.63) is 41.9 Å². The smallest absolute Gasteiger partial charge is 0.334 e. The summed E-state index contributed by atoms with van der Waals surface area (Å²) in [5.74, 6) is 0.0404. The molecular formula is C17H15F3N4O. The third kappa shape index (κ3) is 2.66. The zero-order valence-electron chi connectivity index (χ0n) is 13.2. The number of aromatic nitrogens is 3. The summed E-state index contributed by atoms with van der Waals surface area (Å²) in [4.78, 5) is 8.27. The zero-order valence-corrected chi connectivity index (χ0v) is 13.2. The number of hydrogen-bond donors (Lipinski definition) is 1. The van der Waals surface area contributed by atoms with E-state index in [0.717, 1.165) is 19.0 Å². The molecule has 0 saturated heterocycles. The maximum absolute atomic E-state index is 13.7. The van der Waals surface area contributed by atoms with Crippen LogP contribution in [0.25, 0.3) is 22.4 Å². The fourth-order valence-electron chi connectivity index (χ4n) is 3.37. The van der Waals surface area contributed by atoms with Gasteiger partial charge in [0.05, 0.1) is 22.2 Å². The molecule has 1 aromatic carbocycles. The molecule has 130 valence electrons. The predicted molar refractivity (Wildman–Crippen MR) is 84.4 cm³/mol. The van der Waals surface area contributed by atoms with Gasteiger partial charge in [-0.1, -0.05) is 36.2 Å². The Hall–Kier alpha value is -2.48. The number of benzene rings is 1. The van der Waals surface area contributed by atoms with Gasteiger partial charge in [-0.2, -0.15) is 18.2 Å². The molecule has 25 heavy (non-hydrogen) atoms. The van der Waals surface area contributed by atoms with E-state index >= 15 is 0 Å². The van der Waals surface area contributed by atoms with Crippen molar-refractivity contribution < 1.29 is 17.7 Å². The fourth-order valence-corrected chi connectivity index (χ4v) is 3.37. The van der Waals surface area contributed by atoms with Crippen molar-refractivity contribution in [3.8, 4) is 11.5 Å². The number of para-hydroxylation sites is 1. The van der Waals surface area contributed by atoms with E-state index in [-0.39, 0.29) is 28.2 Å². The quantitative estimate of drug-likeness (QED) is 0.756. The first kappa shape index (κ1) is 16.0. The van der Waals surface area contributed by atoms with E-state index in [1.807, 2.05) is 0 Å². The second-order valence-electron chi connectivity index (χ2n) is 6.35. The first-order valence-electron chi connectivity index (χ1n) is 7.97. The molecule has 0 atom stereocenters. The number of nitrogens with two attached hydrogens (primary N) is 1. The van der Waals surface area contributed by atoms with Crippen LogP contribution in [0.4, 0.5) is 13.2 Å². The first-order valence-corrected chi connectivity index (χ1v) is 7.97. The van der Waals surface area contributed by atoms with Crippen molar-refractivity contribution in [2.24, 2.45) is 5.73 Å². The molecule has 8 heteroatoms. The topological polar surface area (TPSA) is 77.8 Å². The molecule has 2 N–H and O–H groups in total. The Morgan fingerprint density at radius 3 is 2.56 bits per heavy atom. The van der Waals surface area contributed by atoms with Crippen LogP contribution in [-0.2, 0) is 11.7 Å². The largest absolute Gasteiger partial charge is 0.417 e. The molecule has 2 heterocycles. The minimum atomic E-state index is -4.58. The van der Waals surface area contributed by atoms with Crippen LogP contribution in [0, 0.1) is 0 Å². The van der Waals surface area contributed by atoms with E-state index in [1.54, 1.807) is 6.07 Å². The zero-order chi connectivity index (χ0) is 17.7. The lowest BCUT2D eigenvalue weighted by Gasteiger charge is -2.17. The summed E-state index contributed by atoms with van der Waals surface area (Å²) in [6.45, 7) is 0. The van der Waals surface area contributed by atoms with Crippen molar-refractivity contribution in [1.82, 2.24) is 15.1 Å². The summed E-state index contributed by atoms with van der Waals surface area (Å²) in [5, 5.41) is 3.84. The molecule has 1 aliphatic carbocycles. The van der Waals surface area contributed by atoms with E-state index in [4.69, 9.17) is 10.3 Å². The highest BCUT2D eigenvalue weighted by Crippen LogP contribution is 2.41. The Morgan fingerprint density at radius 2 is 1.84 bits per heavy atom. The standard InChI is InChI=1S/C17H15F3N4O/c18-17(19,20)13-10-5-1-2-6-12(10)22-9-11(13)14-23-15(24-25-14)16(21)7-3-4-8-16/h1-2,5-6,9H,3-4,7-8,21H2. The van der Waals surface area contributed by atoms with Crippen LogP contribution in [0.15, 0.2) is 35.0 Å². The Balaban J connectivity index is 1.89. The van der Waals surface area contributed by atoms with E-state index in [9.17, 15) is 13.2 Å². The highest BCUT2D eigenvalue weighted by molar-refractivity contribution is 5.87. The van der Waals surface area contributed by atoms with Crippen molar-refractivity contribution >= 4 is 10.9 Å². The van der Waals surface area contributed by atoms with Gasteiger partial charge in [-0.15, -0.1) is 0 Å². The van der Waals surface area contributed by atoms with Crippen LogP contribution in [0.2, 0.25) is 0 Å².